The maximum absolute atomic E-state index is 13.5. The summed E-state index contributed by atoms with van der Waals surface area (Å²) in [5.74, 6) is 0.323. The van der Waals surface area contributed by atoms with Gasteiger partial charge in [-0.1, -0.05) is 6.92 Å². The summed E-state index contributed by atoms with van der Waals surface area (Å²) in [5, 5.41) is 15.2. The zero-order chi connectivity index (χ0) is 27.3. The molecule has 3 rings (SSSR count). The summed E-state index contributed by atoms with van der Waals surface area (Å²) in [7, 11) is -0.426. The quantitative estimate of drug-likeness (QED) is 0.473. The Bertz CT molecular complexity index is 1220. The van der Waals surface area contributed by atoms with Gasteiger partial charge in [0.05, 0.1) is 38.1 Å². The van der Waals surface area contributed by atoms with Gasteiger partial charge in [0.2, 0.25) is 10.0 Å². The summed E-state index contributed by atoms with van der Waals surface area (Å²) >= 11 is 0. The molecule has 1 aliphatic heterocycles. The Balaban J connectivity index is 1.88. The van der Waals surface area contributed by atoms with E-state index in [1.54, 1.807) is 55.3 Å². The van der Waals surface area contributed by atoms with E-state index in [0.717, 1.165) is 6.26 Å². The Labute approximate surface area is 217 Å². The molecule has 3 N–H and O–H groups in total. The van der Waals surface area contributed by atoms with Crippen molar-refractivity contribution in [2.24, 2.45) is 5.92 Å². The number of benzene rings is 2. The van der Waals surface area contributed by atoms with Gasteiger partial charge >= 0.3 is 6.03 Å². The van der Waals surface area contributed by atoms with Crippen molar-refractivity contribution in [3.05, 3.63) is 48.0 Å². The van der Waals surface area contributed by atoms with E-state index in [4.69, 9.17) is 9.47 Å². The molecule has 0 spiro atoms. The van der Waals surface area contributed by atoms with E-state index in [1.807, 2.05) is 6.92 Å². The van der Waals surface area contributed by atoms with Crippen molar-refractivity contribution in [2.45, 2.75) is 26.0 Å². The smallest absolute Gasteiger partial charge is 0.323 e. The molecule has 202 valence electrons. The van der Waals surface area contributed by atoms with Crippen LogP contribution in [-0.4, -0.2) is 86.9 Å². The average Bonchev–Trinajstić information content (AvgIpc) is 2.85. The van der Waals surface area contributed by atoms with Crippen LogP contribution in [0.15, 0.2) is 42.5 Å². The number of aliphatic hydroxyl groups excluding tert-OH is 1. The number of carbonyl (C=O) groups excluding carboxylic acids is 2. The molecule has 1 aliphatic rings. The number of anilines is 2. The number of nitrogens with zero attached hydrogens (tertiary/aromatic N) is 2. The SMILES string of the molecule is COc1ccc(NC(=O)Nc2ccc3c(c2)C(=O)N([C@@H](C)CO)C[C@@H](C)[C@@H](CN(C)S(C)(=O)=O)O3)cc1. The van der Waals surface area contributed by atoms with Gasteiger partial charge in [0.25, 0.3) is 5.91 Å². The molecule has 0 unspecified atom stereocenters. The molecule has 0 saturated carbocycles. The third-order valence-electron chi connectivity index (χ3n) is 6.27. The van der Waals surface area contributed by atoms with Crippen LogP contribution in [0.25, 0.3) is 0 Å². The Morgan fingerprint density at radius 3 is 2.43 bits per heavy atom. The molecule has 1 heterocycles. The van der Waals surface area contributed by atoms with Gasteiger partial charge in [-0.25, -0.2) is 17.5 Å². The standard InChI is InChI=1S/C25H34N4O7S/c1-16-13-29(17(2)15-30)24(31)21-12-19(27-25(32)26-18-6-9-20(35-4)10-7-18)8-11-22(21)36-23(16)14-28(3)37(5,33)34/h6-12,16-17,23,30H,13-15H2,1-5H3,(H2,26,27,32)/t16-,17+,23-/m1/s1. The topological polar surface area (TPSA) is 138 Å². The van der Waals surface area contributed by atoms with Gasteiger partial charge in [0, 0.05) is 30.9 Å². The van der Waals surface area contributed by atoms with Gasteiger partial charge in [0.1, 0.15) is 17.6 Å². The number of rotatable bonds is 8. The lowest BCUT2D eigenvalue weighted by molar-refractivity contribution is 0.0387. The first-order chi connectivity index (χ1) is 17.4. The molecular weight excluding hydrogens is 500 g/mol. The minimum atomic E-state index is -3.45. The molecule has 0 radical (unpaired) electrons. The first-order valence-corrected chi connectivity index (χ1v) is 13.6. The predicted molar refractivity (Wildman–Crippen MR) is 141 cm³/mol. The first kappa shape index (κ1) is 28.2. The van der Waals surface area contributed by atoms with Crippen LogP contribution in [0.4, 0.5) is 16.2 Å². The van der Waals surface area contributed by atoms with E-state index in [2.05, 4.69) is 10.6 Å². The molecule has 0 bridgehead atoms. The first-order valence-electron chi connectivity index (χ1n) is 11.8. The summed E-state index contributed by atoms with van der Waals surface area (Å²) in [4.78, 5) is 27.6. The highest BCUT2D eigenvalue weighted by molar-refractivity contribution is 7.88. The van der Waals surface area contributed by atoms with Gasteiger partial charge in [-0.05, 0) is 49.4 Å². The lowest BCUT2D eigenvalue weighted by atomic mass is 9.99. The van der Waals surface area contributed by atoms with E-state index in [1.165, 1.54) is 17.4 Å². The monoisotopic (exact) mass is 534 g/mol. The molecule has 37 heavy (non-hydrogen) atoms. The fourth-order valence-corrected chi connectivity index (χ4v) is 4.29. The molecule has 2 aromatic rings. The second kappa shape index (κ2) is 11.8. The van der Waals surface area contributed by atoms with Gasteiger partial charge < -0.3 is 30.1 Å². The van der Waals surface area contributed by atoms with Crippen molar-refractivity contribution in [1.29, 1.82) is 0 Å². The highest BCUT2D eigenvalue weighted by atomic mass is 32.2. The molecule has 0 aliphatic carbocycles. The normalized spacial score (nSPS) is 18.8. The van der Waals surface area contributed by atoms with E-state index >= 15 is 0 Å². The van der Waals surface area contributed by atoms with Crippen LogP contribution in [-0.2, 0) is 10.0 Å². The van der Waals surface area contributed by atoms with Crippen LogP contribution in [0.3, 0.4) is 0 Å². The fourth-order valence-electron chi connectivity index (χ4n) is 3.87. The third-order valence-corrected chi connectivity index (χ3v) is 7.56. The number of hydrogen-bond acceptors (Lipinski definition) is 7. The second-order valence-electron chi connectivity index (χ2n) is 9.18. The minimum absolute atomic E-state index is 0.0826. The summed E-state index contributed by atoms with van der Waals surface area (Å²) in [6, 6.07) is 10.5. The molecule has 12 heteroatoms. The highest BCUT2D eigenvalue weighted by Gasteiger charge is 2.34. The largest absolute Gasteiger partial charge is 0.497 e. The van der Waals surface area contributed by atoms with Gasteiger partial charge in [-0.15, -0.1) is 0 Å². The van der Waals surface area contributed by atoms with Crippen LogP contribution in [0.5, 0.6) is 11.5 Å². The zero-order valence-electron chi connectivity index (χ0n) is 21.6. The van der Waals surface area contributed by atoms with E-state index in [-0.39, 0.29) is 42.8 Å². The number of sulfonamides is 1. The highest BCUT2D eigenvalue weighted by Crippen LogP contribution is 2.31. The molecule has 2 aromatic carbocycles. The molecule has 3 amide bonds. The molecule has 3 atom stereocenters. The number of carbonyl (C=O) groups is 2. The van der Waals surface area contributed by atoms with Crippen LogP contribution < -0.4 is 20.1 Å². The van der Waals surface area contributed by atoms with Gasteiger partial charge in [-0.2, -0.15) is 0 Å². The Kier molecular flexibility index (Phi) is 9.00. The maximum atomic E-state index is 13.5. The molecule has 0 saturated heterocycles. The third kappa shape index (κ3) is 7.12. The van der Waals surface area contributed by atoms with Crippen molar-refractivity contribution < 1.29 is 32.6 Å². The number of amides is 3. The maximum Gasteiger partial charge on any atom is 0.323 e. The van der Waals surface area contributed by atoms with Crippen molar-refractivity contribution >= 4 is 33.3 Å². The van der Waals surface area contributed by atoms with Gasteiger partial charge in [0.15, 0.2) is 0 Å². The second-order valence-corrected chi connectivity index (χ2v) is 11.3. The Morgan fingerprint density at radius 1 is 1.22 bits per heavy atom. The number of aliphatic hydroxyl groups is 1. The van der Waals surface area contributed by atoms with Crippen LogP contribution in [0, 0.1) is 5.92 Å². The summed E-state index contributed by atoms with van der Waals surface area (Å²) in [6.45, 7) is 3.69. The van der Waals surface area contributed by atoms with Crippen molar-refractivity contribution in [1.82, 2.24) is 9.21 Å². The lowest BCUT2D eigenvalue weighted by Crippen LogP contribution is -2.50. The summed E-state index contributed by atoms with van der Waals surface area (Å²) < 4.78 is 36.5. The van der Waals surface area contributed by atoms with Crippen LogP contribution in [0.1, 0.15) is 24.2 Å². The van der Waals surface area contributed by atoms with Crippen LogP contribution >= 0.6 is 0 Å². The predicted octanol–water partition coefficient (Wildman–Crippen LogP) is 2.45. The molecule has 0 aromatic heterocycles. The number of methoxy groups -OCH3 is 1. The number of nitrogens with one attached hydrogen (secondary N) is 2. The van der Waals surface area contributed by atoms with E-state index in [0.29, 0.717) is 17.1 Å². The number of fused-ring (bicyclic) bond motifs is 1. The van der Waals surface area contributed by atoms with Crippen LogP contribution in [0.2, 0.25) is 0 Å². The fraction of sp³-hybridized carbons (Fsp3) is 0.440. The summed E-state index contributed by atoms with van der Waals surface area (Å²) in [5.41, 5.74) is 1.11. The lowest BCUT2D eigenvalue weighted by Gasteiger charge is -2.38. The Hall–Kier alpha value is -3.35. The molecule has 11 nitrogen and oxygen atoms in total. The zero-order valence-corrected chi connectivity index (χ0v) is 22.4. The summed E-state index contributed by atoms with van der Waals surface area (Å²) in [6.07, 6.45) is 0.560. The average molecular weight is 535 g/mol. The number of hydrogen-bond donors (Lipinski definition) is 3. The number of likely N-dealkylation sites (N-methyl/N-ethyl adjacent to an activating group) is 1. The van der Waals surface area contributed by atoms with Crippen molar-refractivity contribution in [3.8, 4) is 11.5 Å². The Morgan fingerprint density at radius 2 is 1.84 bits per heavy atom. The molecule has 0 fully saturated rings. The van der Waals surface area contributed by atoms with Gasteiger partial charge in [-0.3, -0.25) is 4.79 Å². The van der Waals surface area contributed by atoms with E-state index < -0.39 is 28.2 Å². The molecular formula is C25H34N4O7S. The number of ether oxygens (including phenoxy) is 2. The van der Waals surface area contributed by atoms with E-state index in [9.17, 15) is 23.1 Å². The minimum Gasteiger partial charge on any atom is -0.497 e. The number of urea groups is 1. The van der Waals surface area contributed by atoms with Crippen molar-refractivity contribution in [3.63, 3.8) is 0 Å². The van der Waals surface area contributed by atoms with Crippen molar-refractivity contribution in [2.75, 3.05) is 50.7 Å².